The molecule has 2 aromatic rings. The molecule has 1 aliphatic heterocycles. The van der Waals surface area contributed by atoms with Gasteiger partial charge in [-0.3, -0.25) is 9.59 Å². The zero-order valence-electron chi connectivity index (χ0n) is 15.5. The van der Waals surface area contributed by atoms with Gasteiger partial charge in [-0.05, 0) is 51.0 Å². The van der Waals surface area contributed by atoms with Crippen LogP contribution in [0.15, 0.2) is 35.1 Å². The Morgan fingerprint density at radius 2 is 1.89 bits per heavy atom. The third-order valence-corrected chi connectivity index (χ3v) is 5.24. The average Bonchev–Trinajstić information content (AvgIpc) is 3.32. The molecule has 2 heterocycles. The summed E-state index contributed by atoms with van der Waals surface area (Å²) in [6.07, 6.45) is 4.23. The summed E-state index contributed by atoms with van der Waals surface area (Å²) in [4.78, 5) is 25.3. The van der Waals surface area contributed by atoms with Crippen molar-refractivity contribution in [3.63, 3.8) is 0 Å². The molecule has 7 nitrogen and oxygen atoms in total. The zero-order valence-corrected chi connectivity index (χ0v) is 15.5. The number of carbonyl (C=O) groups is 1. The summed E-state index contributed by atoms with van der Waals surface area (Å²) < 4.78 is 12.0. The van der Waals surface area contributed by atoms with E-state index in [1.165, 1.54) is 10.7 Å². The Morgan fingerprint density at radius 1 is 1.15 bits per heavy atom. The van der Waals surface area contributed by atoms with Crippen LogP contribution in [-0.2, 0) is 10.3 Å². The third kappa shape index (κ3) is 3.29. The molecule has 1 fully saturated rings. The first-order valence-electron chi connectivity index (χ1n) is 9.27. The SMILES string of the molecule is CC(C)(C(=O)NC1CCCC1)n1nc(-c2ccc3c(c2)OCO3)ccc1=O. The number of benzene rings is 1. The maximum absolute atomic E-state index is 12.8. The van der Waals surface area contributed by atoms with Crippen LogP contribution in [-0.4, -0.2) is 28.5 Å². The maximum atomic E-state index is 12.8. The van der Waals surface area contributed by atoms with Crippen LogP contribution >= 0.6 is 0 Å². The van der Waals surface area contributed by atoms with Crippen molar-refractivity contribution >= 4 is 5.91 Å². The molecule has 0 bridgehead atoms. The first-order valence-corrected chi connectivity index (χ1v) is 9.27. The number of carbonyl (C=O) groups excluding carboxylic acids is 1. The Kier molecular flexibility index (Phi) is 4.37. The van der Waals surface area contributed by atoms with Crippen LogP contribution in [0, 0.1) is 0 Å². The van der Waals surface area contributed by atoms with Gasteiger partial charge in [0.05, 0.1) is 5.69 Å². The van der Waals surface area contributed by atoms with Crippen LogP contribution < -0.4 is 20.3 Å². The number of rotatable bonds is 4. The van der Waals surface area contributed by atoms with E-state index in [2.05, 4.69) is 10.4 Å². The van der Waals surface area contributed by atoms with Gasteiger partial charge in [-0.15, -0.1) is 0 Å². The molecule has 27 heavy (non-hydrogen) atoms. The van der Waals surface area contributed by atoms with E-state index in [1.807, 2.05) is 18.2 Å². The minimum absolute atomic E-state index is 0.185. The van der Waals surface area contributed by atoms with E-state index in [0.717, 1.165) is 31.2 Å². The van der Waals surface area contributed by atoms with Gasteiger partial charge in [0.25, 0.3) is 5.56 Å². The van der Waals surface area contributed by atoms with Gasteiger partial charge in [-0.2, -0.15) is 5.10 Å². The van der Waals surface area contributed by atoms with Gasteiger partial charge in [0.2, 0.25) is 12.7 Å². The van der Waals surface area contributed by atoms with Crippen molar-refractivity contribution in [3.05, 3.63) is 40.7 Å². The zero-order chi connectivity index (χ0) is 19.0. The maximum Gasteiger partial charge on any atom is 0.267 e. The summed E-state index contributed by atoms with van der Waals surface area (Å²) in [6, 6.07) is 8.77. The number of hydrogen-bond donors (Lipinski definition) is 1. The molecule has 142 valence electrons. The molecule has 0 saturated heterocycles. The highest BCUT2D eigenvalue weighted by Gasteiger charge is 2.34. The van der Waals surface area contributed by atoms with Crippen LogP contribution in [0.1, 0.15) is 39.5 Å². The van der Waals surface area contributed by atoms with E-state index >= 15 is 0 Å². The first kappa shape index (κ1) is 17.6. The summed E-state index contributed by atoms with van der Waals surface area (Å²) >= 11 is 0. The van der Waals surface area contributed by atoms with Crippen LogP contribution in [0.4, 0.5) is 0 Å². The van der Waals surface area contributed by atoms with Crippen molar-refractivity contribution < 1.29 is 14.3 Å². The molecule has 0 spiro atoms. The smallest absolute Gasteiger partial charge is 0.267 e. The standard InChI is InChI=1S/C20H23N3O4/c1-20(2,19(25)21-14-5-3-4-6-14)23-18(24)10-8-15(22-23)13-7-9-16-17(11-13)27-12-26-16/h7-11,14H,3-6,12H2,1-2H3,(H,21,25). The Balaban J connectivity index is 1.65. The van der Waals surface area contributed by atoms with E-state index in [1.54, 1.807) is 19.9 Å². The molecular formula is C20H23N3O4. The van der Waals surface area contributed by atoms with Gasteiger partial charge in [0.15, 0.2) is 11.5 Å². The van der Waals surface area contributed by atoms with Crippen LogP contribution in [0.25, 0.3) is 11.3 Å². The van der Waals surface area contributed by atoms with Gasteiger partial charge in [0, 0.05) is 17.7 Å². The summed E-state index contributed by atoms with van der Waals surface area (Å²) in [5.41, 5.74) is -0.0211. The van der Waals surface area contributed by atoms with E-state index in [9.17, 15) is 9.59 Å². The van der Waals surface area contributed by atoms with E-state index in [4.69, 9.17) is 9.47 Å². The van der Waals surface area contributed by atoms with Crippen molar-refractivity contribution in [1.82, 2.24) is 15.1 Å². The van der Waals surface area contributed by atoms with Crippen molar-refractivity contribution in [2.75, 3.05) is 6.79 Å². The summed E-state index contributed by atoms with van der Waals surface area (Å²) in [7, 11) is 0. The molecule has 1 amide bonds. The number of amides is 1. The number of aromatic nitrogens is 2. The minimum atomic E-state index is -1.09. The number of nitrogens with zero attached hydrogens (tertiary/aromatic N) is 2. The fourth-order valence-corrected chi connectivity index (χ4v) is 3.55. The van der Waals surface area contributed by atoms with Gasteiger partial charge < -0.3 is 14.8 Å². The largest absolute Gasteiger partial charge is 0.454 e. The lowest BCUT2D eigenvalue weighted by atomic mass is 10.0. The van der Waals surface area contributed by atoms with Crippen LogP contribution in [0.5, 0.6) is 11.5 Å². The van der Waals surface area contributed by atoms with Crippen molar-refractivity contribution in [2.24, 2.45) is 0 Å². The molecule has 0 radical (unpaired) electrons. The number of ether oxygens (including phenoxy) is 2. The monoisotopic (exact) mass is 369 g/mol. The Labute approximate surface area is 157 Å². The highest BCUT2D eigenvalue weighted by Crippen LogP contribution is 2.35. The lowest BCUT2D eigenvalue weighted by Crippen LogP contribution is -2.51. The molecule has 0 atom stereocenters. The normalized spacial score (nSPS) is 16.5. The van der Waals surface area contributed by atoms with Crippen LogP contribution in [0.2, 0.25) is 0 Å². The summed E-state index contributed by atoms with van der Waals surface area (Å²) in [5.74, 6) is 1.14. The third-order valence-electron chi connectivity index (χ3n) is 5.24. The molecule has 4 rings (SSSR count). The molecule has 1 aliphatic carbocycles. The lowest BCUT2D eigenvalue weighted by Gasteiger charge is -2.27. The van der Waals surface area contributed by atoms with Crippen molar-refractivity contribution in [3.8, 4) is 22.8 Å². The minimum Gasteiger partial charge on any atom is -0.454 e. The van der Waals surface area contributed by atoms with E-state index in [-0.39, 0.29) is 24.3 Å². The fourth-order valence-electron chi connectivity index (χ4n) is 3.55. The second-order valence-corrected chi connectivity index (χ2v) is 7.55. The van der Waals surface area contributed by atoms with Gasteiger partial charge in [-0.1, -0.05) is 12.8 Å². The molecule has 2 aliphatic rings. The second-order valence-electron chi connectivity index (χ2n) is 7.55. The molecule has 1 saturated carbocycles. The highest BCUT2D eigenvalue weighted by molar-refractivity contribution is 5.83. The summed E-state index contributed by atoms with van der Waals surface area (Å²) in [6.45, 7) is 3.63. The first-order chi connectivity index (χ1) is 12.9. The van der Waals surface area contributed by atoms with Crippen molar-refractivity contribution in [1.29, 1.82) is 0 Å². The Morgan fingerprint density at radius 3 is 2.67 bits per heavy atom. The predicted molar refractivity (Wildman–Crippen MR) is 99.8 cm³/mol. The second kappa shape index (κ2) is 6.72. The molecule has 7 heteroatoms. The van der Waals surface area contributed by atoms with E-state index < -0.39 is 5.54 Å². The Hall–Kier alpha value is -2.83. The van der Waals surface area contributed by atoms with E-state index in [0.29, 0.717) is 17.2 Å². The predicted octanol–water partition coefficient (Wildman–Crippen LogP) is 2.43. The Bertz CT molecular complexity index is 929. The topological polar surface area (TPSA) is 82.5 Å². The van der Waals surface area contributed by atoms with Gasteiger partial charge >= 0.3 is 0 Å². The fraction of sp³-hybridized carbons (Fsp3) is 0.450. The molecular weight excluding hydrogens is 346 g/mol. The summed E-state index contributed by atoms with van der Waals surface area (Å²) in [5, 5.41) is 7.55. The van der Waals surface area contributed by atoms with Gasteiger partial charge in [0.1, 0.15) is 5.54 Å². The molecule has 1 N–H and O–H groups in total. The average molecular weight is 369 g/mol. The van der Waals surface area contributed by atoms with Gasteiger partial charge in [-0.25, -0.2) is 4.68 Å². The number of nitrogens with one attached hydrogen (secondary N) is 1. The molecule has 1 aromatic carbocycles. The highest BCUT2D eigenvalue weighted by atomic mass is 16.7. The lowest BCUT2D eigenvalue weighted by molar-refractivity contribution is -0.129. The molecule has 1 aromatic heterocycles. The molecule has 0 unspecified atom stereocenters. The van der Waals surface area contributed by atoms with Crippen molar-refractivity contribution in [2.45, 2.75) is 51.1 Å². The van der Waals surface area contributed by atoms with Crippen LogP contribution in [0.3, 0.4) is 0 Å². The quantitative estimate of drug-likeness (QED) is 0.895. The number of fused-ring (bicyclic) bond motifs is 1. The number of hydrogen-bond acceptors (Lipinski definition) is 5.